The molecule has 2 aromatic rings. The molecule has 0 aromatic heterocycles. The average Bonchev–Trinajstić information content (AvgIpc) is 2.57. The third-order valence-electron chi connectivity index (χ3n) is 3.93. The molecule has 8 heteroatoms. The van der Waals surface area contributed by atoms with Crippen LogP contribution in [0.4, 0.5) is 8.78 Å². The molecule has 1 atom stereocenters. The number of hydrogen-bond donors (Lipinski definition) is 1. The van der Waals surface area contributed by atoms with Gasteiger partial charge in [0.15, 0.2) is 11.6 Å². The van der Waals surface area contributed by atoms with E-state index < -0.39 is 27.7 Å². The van der Waals surface area contributed by atoms with Gasteiger partial charge in [-0.3, -0.25) is 0 Å². The summed E-state index contributed by atoms with van der Waals surface area (Å²) in [5.74, 6) is -2.27. The minimum absolute atomic E-state index is 0.221. The standard InChI is InChI=1S/C16H15ClF2N2O2S/c17-12-3-1-2-11(8-12)16-10-20-6-7-21(16)24(22,23)13-4-5-14(18)15(19)9-13/h1-5,8-9,16,20H,6-7,10H2. The van der Waals surface area contributed by atoms with Gasteiger partial charge in [0.1, 0.15) is 0 Å². The van der Waals surface area contributed by atoms with Gasteiger partial charge in [-0.2, -0.15) is 4.31 Å². The molecule has 0 amide bonds. The Kier molecular flexibility index (Phi) is 4.87. The Labute approximate surface area is 144 Å². The van der Waals surface area contributed by atoms with Crippen molar-refractivity contribution >= 4 is 21.6 Å². The largest absolute Gasteiger partial charge is 0.313 e. The third kappa shape index (κ3) is 3.30. The van der Waals surface area contributed by atoms with E-state index in [4.69, 9.17) is 11.6 Å². The van der Waals surface area contributed by atoms with E-state index in [-0.39, 0.29) is 11.4 Å². The molecule has 2 aromatic carbocycles. The van der Waals surface area contributed by atoms with Gasteiger partial charge in [-0.05, 0) is 35.9 Å². The first-order valence-corrected chi connectivity index (χ1v) is 9.14. The number of nitrogens with one attached hydrogen (secondary N) is 1. The van der Waals surface area contributed by atoms with Gasteiger partial charge in [0.05, 0.1) is 10.9 Å². The highest BCUT2D eigenvalue weighted by molar-refractivity contribution is 7.89. The predicted molar refractivity (Wildman–Crippen MR) is 87.3 cm³/mol. The summed E-state index contributed by atoms with van der Waals surface area (Å²) in [7, 11) is -3.97. The molecule has 0 saturated carbocycles. The van der Waals surface area contributed by atoms with E-state index in [1.165, 1.54) is 4.31 Å². The maximum atomic E-state index is 13.5. The zero-order chi connectivity index (χ0) is 17.3. The molecule has 0 radical (unpaired) electrons. The van der Waals surface area contributed by atoms with Crippen LogP contribution in [-0.2, 0) is 10.0 Å². The summed E-state index contributed by atoms with van der Waals surface area (Å²) in [5, 5.41) is 3.65. The Morgan fingerprint density at radius 3 is 2.62 bits per heavy atom. The van der Waals surface area contributed by atoms with Crippen molar-refractivity contribution in [2.75, 3.05) is 19.6 Å². The first kappa shape index (κ1) is 17.3. The van der Waals surface area contributed by atoms with E-state index in [9.17, 15) is 17.2 Å². The Hall–Kier alpha value is -1.54. The molecule has 24 heavy (non-hydrogen) atoms. The molecule has 1 aliphatic heterocycles. The topological polar surface area (TPSA) is 49.4 Å². The molecule has 1 N–H and O–H groups in total. The number of hydrogen-bond acceptors (Lipinski definition) is 3. The highest BCUT2D eigenvalue weighted by atomic mass is 35.5. The lowest BCUT2D eigenvalue weighted by Crippen LogP contribution is -2.48. The lowest BCUT2D eigenvalue weighted by Gasteiger charge is -2.35. The van der Waals surface area contributed by atoms with E-state index in [1.54, 1.807) is 24.3 Å². The SMILES string of the molecule is O=S(=O)(c1ccc(F)c(F)c1)N1CCNCC1c1cccc(Cl)c1. The second-order valence-electron chi connectivity index (χ2n) is 5.47. The minimum atomic E-state index is -3.97. The molecule has 3 rings (SSSR count). The van der Waals surface area contributed by atoms with E-state index in [0.29, 0.717) is 24.2 Å². The minimum Gasteiger partial charge on any atom is -0.313 e. The Morgan fingerprint density at radius 1 is 1.12 bits per heavy atom. The van der Waals surface area contributed by atoms with Crippen molar-refractivity contribution in [2.24, 2.45) is 0 Å². The van der Waals surface area contributed by atoms with Crippen LogP contribution < -0.4 is 5.32 Å². The van der Waals surface area contributed by atoms with Gasteiger partial charge in [-0.25, -0.2) is 17.2 Å². The molecule has 0 bridgehead atoms. The number of nitrogens with zero attached hydrogens (tertiary/aromatic N) is 1. The van der Waals surface area contributed by atoms with Crippen molar-refractivity contribution in [3.05, 3.63) is 64.7 Å². The zero-order valence-electron chi connectivity index (χ0n) is 12.5. The smallest absolute Gasteiger partial charge is 0.243 e. The fraction of sp³-hybridized carbons (Fsp3) is 0.250. The molecule has 1 saturated heterocycles. The zero-order valence-corrected chi connectivity index (χ0v) is 14.1. The van der Waals surface area contributed by atoms with Crippen LogP contribution in [0.25, 0.3) is 0 Å². The van der Waals surface area contributed by atoms with Crippen molar-refractivity contribution in [2.45, 2.75) is 10.9 Å². The third-order valence-corrected chi connectivity index (χ3v) is 6.06. The summed E-state index contributed by atoms with van der Waals surface area (Å²) in [6.45, 7) is 1.10. The number of rotatable bonds is 3. The lowest BCUT2D eigenvalue weighted by atomic mass is 10.1. The van der Waals surface area contributed by atoms with Crippen LogP contribution in [0.3, 0.4) is 0 Å². The molecule has 128 valence electrons. The van der Waals surface area contributed by atoms with Gasteiger partial charge in [-0.15, -0.1) is 0 Å². The van der Waals surface area contributed by atoms with Gasteiger partial charge in [0.2, 0.25) is 10.0 Å². The van der Waals surface area contributed by atoms with Gasteiger partial charge < -0.3 is 5.32 Å². The number of halogens is 3. The highest BCUT2D eigenvalue weighted by Crippen LogP contribution is 2.30. The summed E-state index contributed by atoms with van der Waals surface area (Å²) in [4.78, 5) is -0.268. The Balaban J connectivity index is 2.01. The molecule has 1 aliphatic rings. The van der Waals surface area contributed by atoms with Crippen molar-refractivity contribution < 1.29 is 17.2 Å². The fourth-order valence-electron chi connectivity index (χ4n) is 2.74. The van der Waals surface area contributed by atoms with Crippen LogP contribution in [0.15, 0.2) is 47.4 Å². The van der Waals surface area contributed by atoms with E-state index in [0.717, 1.165) is 17.7 Å². The molecule has 0 spiro atoms. The van der Waals surface area contributed by atoms with Gasteiger partial charge >= 0.3 is 0 Å². The van der Waals surface area contributed by atoms with Gasteiger partial charge in [0.25, 0.3) is 0 Å². The number of sulfonamides is 1. The molecular formula is C16H15ClF2N2O2S. The first-order chi connectivity index (χ1) is 11.4. The maximum absolute atomic E-state index is 13.5. The van der Waals surface area contributed by atoms with E-state index in [2.05, 4.69) is 5.32 Å². The Morgan fingerprint density at radius 2 is 1.92 bits per heavy atom. The summed E-state index contributed by atoms with van der Waals surface area (Å²) >= 11 is 6.00. The molecule has 1 fully saturated rings. The molecule has 1 heterocycles. The lowest BCUT2D eigenvalue weighted by molar-refractivity contribution is 0.271. The van der Waals surface area contributed by atoms with Crippen molar-refractivity contribution in [3.63, 3.8) is 0 Å². The van der Waals surface area contributed by atoms with E-state index >= 15 is 0 Å². The summed E-state index contributed by atoms with van der Waals surface area (Å²) in [6.07, 6.45) is 0. The van der Waals surface area contributed by atoms with Crippen LogP contribution in [0, 0.1) is 11.6 Å². The summed E-state index contributed by atoms with van der Waals surface area (Å²) in [5.41, 5.74) is 0.737. The van der Waals surface area contributed by atoms with Crippen molar-refractivity contribution in [1.82, 2.24) is 9.62 Å². The second kappa shape index (κ2) is 6.76. The molecule has 1 unspecified atom stereocenters. The fourth-order valence-corrected chi connectivity index (χ4v) is 4.57. The van der Waals surface area contributed by atoms with Crippen molar-refractivity contribution in [1.29, 1.82) is 0 Å². The van der Waals surface area contributed by atoms with Crippen LogP contribution in [0.2, 0.25) is 5.02 Å². The monoisotopic (exact) mass is 372 g/mol. The summed E-state index contributed by atoms with van der Waals surface area (Å²) in [6, 6.07) is 9.07. The van der Waals surface area contributed by atoms with E-state index in [1.807, 2.05) is 0 Å². The van der Waals surface area contributed by atoms with Crippen LogP contribution in [0.1, 0.15) is 11.6 Å². The highest BCUT2D eigenvalue weighted by Gasteiger charge is 2.34. The average molecular weight is 373 g/mol. The normalized spacial score (nSPS) is 19.4. The molecular weight excluding hydrogens is 358 g/mol. The number of benzene rings is 2. The molecule has 0 aliphatic carbocycles. The Bertz CT molecular complexity index is 861. The van der Waals surface area contributed by atoms with Crippen LogP contribution in [0.5, 0.6) is 0 Å². The summed E-state index contributed by atoms with van der Waals surface area (Å²) < 4.78 is 53.7. The molecule has 4 nitrogen and oxygen atoms in total. The quantitative estimate of drug-likeness (QED) is 0.901. The number of piperazine rings is 1. The maximum Gasteiger partial charge on any atom is 0.243 e. The predicted octanol–water partition coefficient (Wildman–Crippen LogP) is 2.95. The first-order valence-electron chi connectivity index (χ1n) is 7.32. The van der Waals surface area contributed by atoms with Crippen LogP contribution in [-0.4, -0.2) is 32.4 Å². The van der Waals surface area contributed by atoms with Crippen molar-refractivity contribution in [3.8, 4) is 0 Å². The second-order valence-corrected chi connectivity index (χ2v) is 7.79. The van der Waals surface area contributed by atoms with Gasteiger partial charge in [-0.1, -0.05) is 23.7 Å². The van der Waals surface area contributed by atoms with Crippen LogP contribution >= 0.6 is 11.6 Å². The van der Waals surface area contributed by atoms with Gasteiger partial charge in [0, 0.05) is 24.7 Å².